The van der Waals surface area contributed by atoms with Gasteiger partial charge >= 0.3 is 0 Å². The molecule has 7 nitrogen and oxygen atoms in total. The summed E-state index contributed by atoms with van der Waals surface area (Å²) in [5, 5.41) is 7.80. The van der Waals surface area contributed by atoms with Crippen LogP contribution in [0.4, 0.5) is 0 Å². The fourth-order valence-electron chi connectivity index (χ4n) is 2.83. The van der Waals surface area contributed by atoms with Gasteiger partial charge in [0.2, 0.25) is 5.88 Å². The van der Waals surface area contributed by atoms with Crippen LogP contribution in [0.25, 0.3) is 0 Å². The molecule has 0 unspecified atom stereocenters. The van der Waals surface area contributed by atoms with E-state index in [-0.39, 0.29) is 24.0 Å². The molecular formula is C23H30IN5O2S. The molecule has 0 fully saturated rings. The molecule has 0 aliphatic carbocycles. The molecule has 3 rings (SSSR count). The number of pyridine rings is 1. The molecule has 0 saturated carbocycles. The normalized spacial score (nSPS) is 10.9. The van der Waals surface area contributed by atoms with Gasteiger partial charge in [0.05, 0.1) is 11.6 Å². The molecule has 0 aliphatic rings. The van der Waals surface area contributed by atoms with Gasteiger partial charge in [-0.05, 0) is 49.2 Å². The average Bonchev–Trinajstić information content (AvgIpc) is 3.26. The summed E-state index contributed by atoms with van der Waals surface area (Å²) in [4.78, 5) is 14.4. The second-order valence-electron chi connectivity index (χ2n) is 6.69. The van der Waals surface area contributed by atoms with E-state index in [4.69, 9.17) is 9.47 Å². The van der Waals surface area contributed by atoms with Gasteiger partial charge in [-0.2, -0.15) is 0 Å². The van der Waals surface area contributed by atoms with Gasteiger partial charge < -0.3 is 20.1 Å². The molecule has 0 amide bonds. The maximum absolute atomic E-state index is 5.86. The lowest BCUT2D eigenvalue weighted by molar-refractivity contribution is 0.339. The van der Waals surface area contributed by atoms with Crippen LogP contribution in [-0.2, 0) is 19.4 Å². The van der Waals surface area contributed by atoms with Crippen LogP contribution >= 0.6 is 35.3 Å². The third-order valence-corrected chi connectivity index (χ3v) is 5.62. The van der Waals surface area contributed by atoms with Crippen molar-refractivity contribution in [2.24, 2.45) is 4.99 Å². The molecule has 3 aromatic rings. The summed E-state index contributed by atoms with van der Waals surface area (Å²) >= 11 is 1.77. The first-order chi connectivity index (χ1) is 15.2. The fourth-order valence-corrected chi connectivity index (χ4v) is 3.69. The molecule has 1 aromatic carbocycles. The molecule has 0 saturated heterocycles. The van der Waals surface area contributed by atoms with E-state index in [2.05, 4.69) is 32.5 Å². The largest absolute Gasteiger partial charge is 0.494 e. The van der Waals surface area contributed by atoms with Crippen molar-refractivity contribution in [3.05, 3.63) is 64.2 Å². The van der Waals surface area contributed by atoms with E-state index in [9.17, 15) is 0 Å². The fraction of sp³-hybridized carbons (Fsp3) is 0.348. The Hall–Kier alpha value is -2.40. The zero-order valence-electron chi connectivity index (χ0n) is 18.6. The van der Waals surface area contributed by atoms with Crippen LogP contribution in [0, 0.1) is 0 Å². The lowest BCUT2D eigenvalue weighted by Gasteiger charge is -2.12. The third-order valence-electron chi connectivity index (χ3n) is 4.42. The van der Waals surface area contributed by atoms with Gasteiger partial charge in [0.25, 0.3) is 0 Å². The Labute approximate surface area is 210 Å². The lowest BCUT2D eigenvalue weighted by atomic mass is 10.2. The van der Waals surface area contributed by atoms with E-state index in [1.54, 1.807) is 24.6 Å². The van der Waals surface area contributed by atoms with Crippen molar-refractivity contribution in [3.63, 3.8) is 0 Å². The van der Waals surface area contributed by atoms with Gasteiger partial charge in [-0.15, -0.1) is 35.3 Å². The molecular weight excluding hydrogens is 537 g/mol. The van der Waals surface area contributed by atoms with Crippen molar-refractivity contribution in [3.8, 4) is 17.4 Å². The van der Waals surface area contributed by atoms with Crippen molar-refractivity contribution in [1.82, 2.24) is 20.6 Å². The Bertz CT molecular complexity index is 979. The third kappa shape index (κ3) is 8.27. The zero-order valence-corrected chi connectivity index (χ0v) is 21.8. The number of halogens is 1. The van der Waals surface area contributed by atoms with Gasteiger partial charge in [0.15, 0.2) is 5.96 Å². The number of aromatic nitrogens is 2. The number of hydrogen-bond donors (Lipinski definition) is 2. The molecule has 0 atom stereocenters. The van der Waals surface area contributed by atoms with Crippen LogP contribution in [0.3, 0.4) is 0 Å². The summed E-state index contributed by atoms with van der Waals surface area (Å²) in [5.74, 6) is 2.83. The highest BCUT2D eigenvalue weighted by molar-refractivity contribution is 14.0. The summed E-state index contributed by atoms with van der Waals surface area (Å²) in [6, 6.07) is 11.4. The summed E-state index contributed by atoms with van der Waals surface area (Å²) in [5.41, 5.74) is 1.05. The number of nitrogens with one attached hydrogen (secondary N) is 2. The van der Waals surface area contributed by atoms with E-state index in [1.807, 2.05) is 49.5 Å². The second-order valence-corrected chi connectivity index (χ2v) is 7.88. The molecule has 0 spiro atoms. The average molecular weight is 567 g/mol. The Morgan fingerprint density at radius 2 is 1.84 bits per heavy atom. The number of rotatable bonds is 10. The smallest absolute Gasteiger partial charge is 0.219 e. The Kier molecular flexibility index (Phi) is 11.2. The molecule has 2 aromatic heterocycles. The van der Waals surface area contributed by atoms with Gasteiger partial charge in [0.1, 0.15) is 11.5 Å². The summed E-state index contributed by atoms with van der Waals surface area (Å²) in [6.45, 7) is 6.13. The van der Waals surface area contributed by atoms with Gasteiger partial charge in [0, 0.05) is 49.9 Å². The molecule has 0 bridgehead atoms. The zero-order chi connectivity index (χ0) is 21.9. The lowest BCUT2D eigenvalue weighted by Crippen LogP contribution is -2.37. The van der Waals surface area contributed by atoms with E-state index in [1.165, 1.54) is 4.88 Å². The molecule has 2 N–H and O–H groups in total. The molecule has 32 heavy (non-hydrogen) atoms. The van der Waals surface area contributed by atoms with Crippen LogP contribution in [0.1, 0.15) is 29.3 Å². The maximum Gasteiger partial charge on any atom is 0.219 e. The monoisotopic (exact) mass is 567 g/mol. The summed E-state index contributed by atoms with van der Waals surface area (Å²) < 4.78 is 11.3. The number of thiazole rings is 1. The van der Waals surface area contributed by atoms with Gasteiger partial charge in [-0.25, -0.2) is 9.97 Å². The molecule has 172 valence electrons. The first-order valence-electron chi connectivity index (χ1n) is 10.4. The SMILES string of the molecule is CCOc1ccc(Oc2cc(CNC(=NC)NCCc3ncc(CC)s3)ccn2)cc1.I. The van der Waals surface area contributed by atoms with Crippen molar-refractivity contribution in [1.29, 1.82) is 0 Å². The standard InChI is InChI=1S/C23H29N5O2S.HI/c1-4-20-16-27-22(31-20)11-13-26-23(24-3)28-15-17-10-12-25-21(14-17)30-19-8-6-18(7-9-19)29-5-2;/h6-10,12,14,16H,4-5,11,13,15H2,1-3H3,(H2,24,26,28);1H. The number of aryl methyl sites for hydroxylation is 1. The van der Waals surface area contributed by atoms with Crippen molar-refractivity contribution >= 4 is 41.3 Å². The first-order valence-corrected chi connectivity index (χ1v) is 11.3. The highest BCUT2D eigenvalue weighted by atomic mass is 127. The van der Waals surface area contributed by atoms with Crippen LogP contribution in [-0.4, -0.2) is 36.1 Å². The molecule has 9 heteroatoms. The second kappa shape index (κ2) is 13.9. The highest BCUT2D eigenvalue weighted by Gasteiger charge is 2.05. The Balaban J connectivity index is 0.00000363. The van der Waals surface area contributed by atoms with Crippen LogP contribution in [0.15, 0.2) is 53.8 Å². The number of hydrogen-bond acceptors (Lipinski definition) is 6. The Morgan fingerprint density at radius 1 is 1.06 bits per heavy atom. The summed E-state index contributed by atoms with van der Waals surface area (Å²) in [6.07, 6.45) is 5.61. The van der Waals surface area contributed by atoms with Gasteiger partial charge in [-0.1, -0.05) is 6.92 Å². The topological polar surface area (TPSA) is 80.7 Å². The minimum absolute atomic E-state index is 0. The van der Waals surface area contributed by atoms with Gasteiger partial charge in [-0.3, -0.25) is 4.99 Å². The van der Waals surface area contributed by atoms with Crippen molar-refractivity contribution < 1.29 is 9.47 Å². The number of guanidine groups is 1. The first kappa shape index (κ1) is 25.9. The predicted octanol–water partition coefficient (Wildman–Crippen LogP) is 4.82. The number of aliphatic imine (C=N–C) groups is 1. The number of ether oxygens (including phenoxy) is 2. The van der Waals surface area contributed by atoms with E-state index in [0.29, 0.717) is 24.8 Å². The van der Waals surface area contributed by atoms with Crippen molar-refractivity contribution in [2.45, 2.75) is 33.2 Å². The van der Waals surface area contributed by atoms with Crippen LogP contribution in [0.2, 0.25) is 0 Å². The van der Waals surface area contributed by atoms with Crippen LogP contribution in [0.5, 0.6) is 17.4 Å². The van der Waals surface area contributed by atoms with E-state index in [0.717, 1.165) is 41.7 Å². The maximum atomic E-state index is 5.86. The molecule has 0 radical (unpaired) electrons. The van der Waals surface area contributed by atoms with E-state index >= 15 is 0 Å². The van der Waals surface area contributed by atoms with E-state index < -0.39 is 0 Å². The molecule has 0 aliphatic heterocycles. The highest BCUT2D eigenvalue weighted by Crippen LogP contribution is 2.23. The number of nitrogens with zero attached hydrogens (tertiary/aromatic N) is 3. The minimum Gasteiger partial charge on any atom is -0.494 e. The Morgan fingerprint density at radius 3 is 2.53 bits per heavy atom. The predicted molar refractivity (Wildman–Crippen MR) is 141 cm³/mol. The van der Waals surface area contributed by atoms with Crippen LogP contribution < -0.4 is 20.1 Å². The summed E-state index contributed by atoms with van der Waals surface area (Å²) in [7, 11) is 1.76. The quantitative estimate of drug-likeness (QED) is 0.208. The molecule has 2 heterocycles. The van der Waals surface area contributed by atoms with Crippen molar-refractivity contribution in [2.75, 3.05) is 20.2 Å². The minimum atomic E-state index is 0. The number of benzene rings is 1.